The van der Waals surface area contributed by atoms with Crippen molar-refractivity contribution >= 4 is 15.8 Å². The van der Waals surface area contributed by atoms with Gasteiger partial charge in [-0.1, -0.05) is 0 Å². The molecule has 6 nitrogen and oxygen atoms in total. The highest BCUT2D eigenvalue weighted by molar-refractivity contribution is 7.90. The molecule has 0 saturated carbocycles. The Labute approximate surface area is 143 Å². The van der Waals surface area contributed by atoms with Gasteiger partial charge in [-0.15, -0.1) is 0 Å². The average molecular weight is 349 g/mol. The second-order valence-electron chi connectivity index (χ2n) is 6.65. The van der Waals surface area contributed by atoms with Gasteiger partial charge in [0.1, 0.15) is 9.84 Å². The smallest absolute Gasteiger partial charge is 0.191 e. The molecule has 0 amide bonds. The monoisotopic (exact) mass is 348 g/mol. The summed E-state index contributed by atoms with van der Waals surface area (Å²) < 4.78 is 22.5. The summed E-state index contributed by atoms with van der Waals surface area (Å²) in [5.74, 6) is 0.940. The van der Waals surface area contributed by atoms with E-state index in [1.54, 1.807) is 0 Å². The number of nitrogens with one attached hydrogen (secondary N) is 2. The third kappa shape index (κ3) is 11.4. The van der Waals surface area contributed by atoms with Crippen molar-refractivity contribution in [3.05, 3.63) is 0 Å². The van der Waals surface area contributed by atoms with E-state index in [-0.39, 0.29) is 11.8 Å². The molecule has 0 aliphatic heterocycles. The van der Waals surface area contributed by atoms with E-state index >= 15 is 0 Å². The number of sulfone groups is 1. The number of aliphatic imine (C=N–C) groups is 1. The Morgan fingerprint density at radius 1 is 1.13 bits per heavy atom. The van der Waals surface area contributed by atoms with Crippen molar-refractivity contribution < 1.29 is 8.42 Å². The minimum atomic E-state index is -2.92. The van der Waals surface area contributed by atoms with Crippen LogP contribution in [0.15, 0.2) is 4.99 Å². The molecular weight excluding hydrogens is 312 g/mol. The summed E-state index contributed by atoms with van der Waals surface area (Å²) in [5, 5.41) is 6.49. The van der Waals surface area contributed by atoms with E-state index in [0.717, 1.165) is 19.0 Å². The fourth-order valence-corrected chi connectivity index (χ4v) is 3.19. The fourth-order valence-electron chi connectivity index (χ4n) is 2.41. The van der Waals surface area contributed by atoms with Gasteiger partial charge in [0.25, 0.3) is 0 Å². The lowest BCUT2D eigenvalue weighted by Crippen LogP contribution is -2.44. The van der Waals surface area contributed by atoms with Crippen molar-refractivity contribution in [3.8, 4) is 0 Å². The predicted octanol–water partition coefficient (Wildman–Crippen LogP) is 1.48. The molecule has 0 heterocycles. The highest BCUT2D eigenvalue weighted by Gasteiger charge is 2.13. The van der Waals surface area contributed by atoms with Gasteiger partial charge in [-0.25, -0.2) is 8.42 Å². The molecule has 7 heteroatoms. The molecule has 0 aliphatic carbocycles. The third-order valence-electron chi connectivity index (χ3n) is 3.60. The first-order chi connectivity index (χ1) is 10.6. The van der Waals surface area contributed by atoms with Gasteiger partial charge in [0.05, 0.1) is 12.3 Å². The van der Waals surface area contributed by atoms with Crippen LogP contribution in [0.5, 0.6) is 0 Å². The minimum Gasteiger partial charge on any atom is -0.357 e. The first kappa shape index (κ1) is 22.2. The molecule has 0 saturated heterocycles. The van der Waals surface area contributed by atoms with E-state index < -0.39 is 9.84 Å². The van der Waals surface area contributed by atoms with E-state index in [0.29, 0.717) is 25.0 Å². The van der Waals surface area contributed by atoms with E-state index in [1.165, 1.54) is 6.26 Å². The van der Waals surface area contributed by atoms with Crippen LogP contribution in [0.4, 0.5) is 0 Å². The van der Waals surface area contributed by atoms with Crippen molar-refractivity contribution in [1.82, 2.24) is 15.5 Å². The number of rotatable bonds is 10. The molecule has 138 valence electrons. The molecule has 0 aromatic carbocycles. The van der Waals surface area contributed by atoms with Gasteiger partial charge in [-0.3, -0.25) is 9.89 Å². The molecule has 0 aromatic rings. The highest BCUT2D eigenvalue weighted by atomic mass is 32.2. The molecule has 1 unspecified atom stereocenters. The second-order valence-corrected chi connectivity index (χ2v) is 8.91. The fraction of sp³-hybridized carbons (Fsp3) is 0.938. The lowest BCUT2D eigenvalue weighted by Gasteiger charge is -2.29. The van der Waals surface area contributed by atoms with Gasteiger partial charge in [-0.2, -0.15) is 0 Å². The molecule has 0 fully saturated rings. The van der Waals surface area contributed by atoms with Gasteiger partial charge in [0, 0.05) is 37.5 Å². The SMILES string of the molecule is CCNC(=NCCN(C(C)C)C(C)C)NC(C)CCS(C)(=O)=O. The van der Waals surface area contributed by atoms with Crippen LogP contribution in [0.2, 0.25) is 0 Å². The molecule has 0 aromatic heterocycles. The molecule has 2 N–H and O–H groups in total. The average Bonchev–Trinajstić information content (AvgIpc) is 2.39. The van der Waals surface area contributed by atoms with Crippen LogP contribution in [-0.2, 0) is 9.84 Å². The predicted molar refractivity (Wildman–Crippen MR) is 99.9 cm³/mol. The van der Waals surface area contributed by atoms with Crippen molar-refractivity contribution in [3.63, 3.8) is 0 Å². The van der Waals surface area contributed by atoms with Crippen LogP contribution in [0.25, 0.3) is 0 Å². The molecule has 0 aliphatic rings. The molecule has 0 spiro atoms. The Morgan fingerprint density at radius 3 is 2.13 bits per heavy atom. The summed E-state index contributed by atoms with van der Waals surface area (Å²) >= 11 is 0. The van der Waals surface area contributed by atoms with E-state index in [4.69, 9.17) is 0 Å². The van der Waals surface area contributed by atoms with Crippen LogP contribution in [0.3, 0.4) is 0 Å². The molecule has 0 bridgehead atoms. The maximum Gasteiger partial charge on any atom is 0.191 e. The molecule has 0 rings (SSSR count). The Morgan fingerprint density at radius 2 is 1.70 bits per heavy atom. The summed E-state index contributed by atoms with van der Waals surface area (Å²) in [6.07, 6.45) is 1.85. The standard InChI is InChI=1S/C16H36N4O2S/c1-8-17-16(19-15(6)9-12-23(7,21)22)18-10-11-20(13(2)3)14(4)5/h13-15H,8-12H2,1-7H3,(H2,17,18,19). The molecule has 23 heavy (non-hydrogen) atoms. The van der Waals surface area contributed by atoms with E-state index in [2.05, 4.69) is 48.2 Å². The van der Waals surface area contributed by atoms with Crippen molar-refractivity contribution in [2.75, 3.05) is 31.6 Å². The Hall–Kier alpha value is -0.820. The Kier molecular flexibility index (Phi) is 10.5. The summed E-state index contributed by atoms with van der Waals surface area (Å²) in [6, 6.07) is 1.05. The molecule has 0 radical (unpaired) electrons. The molecular formula is C16H36N4O2S. The zero-order valence-electron chi connectivity index (χ0n) is 15.9. The Bertz CT molecular complexity index is 439. The first-order valence-corrected chi connectivity index (χ1v) is 10.6. The van der Waals surface area contributed by atoms with Gasteiger partial charge < -0.3 is 10.6 Å². The molecule has 1 atom stereocenters. The lowest BCUT2D eigenvalue weighted by molar-refractivity contribution is 0.181. The zero-order valence-corrected chi connectivity index (χ0v) is 16.7. The normalized spacial score (nSPS) is 14.6. The van der Waals surface area contributed by atoms with Crippen LogP contribution in [0, 0.1) is 0 Å². The summed E-state index contributed by atoms with van der Waals surface area (Å²) in [5.41, 5.74) is 0. The van der Waals surface area contributed by atoms with Crippen LogP contribution in [0.1, 0.15) is 48.0 Å². The highest BCUT2D eigenvalue weighted by Crippen LogP contribution is 2.04. The van der Waals surface area contributed by atoms with Crippen LogP contribution in [-0.4, -0.2) is 69.0 Å². The van der Waals surface area contributed by atoms with Crippen molar-refractivity contribution in [1.29, 1.82) is 0 Å². The second kappa shape index (κ2) is 10.9. The number of hydrogen-bond acceptors (Lipinski definition) is 4. The largest absolute Gasteiger partial charge is 0.357 e. The van der Waals surface area contributed by atoms with Crippen LogP contribution < -0.4 is 10.6 Å². The van der Waals surface area contributed by atoms with Gasteiger partial charge >= 0.3 is 0 Å². The Balaban J connectivity index is 4.53. The minimum absolute atomic E-state index is 0.0637. The first-order valence-electron chi connectivity index (χ1n) is 8.55. The van der Waals surface area contributed by atoms with E-state index in [9.17, 15) is 8.42 Å². The third-order valence-corrected chi connectivity index (χ3v) is 4.58. The lowest BCUT2D eigenvalue weighted by atomic mass is 10.2. The number of guanidine groups is 1. The van der Waals surface area contributed by atoms with E-state index in [1.807, 2.05) is 13.8 Å². The summed E-state index contributed by atoms with van der Waals surface area (Å²) in [6.45, 7) is 15.2. The van der Waals surface area contributed by atoms with Gasteiger partial charge in [0.2, 0.25) is 0 Å². The van der Waals surface area contributed by atoms with Crippen LogP contribution >= 0.6 is 0 Å². The maximum absolute atomic E-state index is 11.2. The van der Waals surface area contributed by atoms with Crippen molar-refractivity contribution in [2.45, 2.75) is 66.1 Å². The summed E-state index contributed by atoms with van der Waals surface area (Å²) in [4.78, 5) is 7.01. The van der Waals surface area contributed by atoms with Crippen molar-refractivity contribution in [2.24, 2.45) is 4.99 Å². The quantitative estimate of drug-likeness (QED) is 0.462. The van der Waals surface area contributed by atoms with Gasteiger partial charge in [-0.05, 0) is 48.0 Å². The zero-order chi connectivity index (χ0) is 18.0. The summed E-state index contributed by atoms with van der Waals surface area (Å²) in [7, 11) is -2.92. The number of hydrogen-bond donors (Lipinski definition) is 2. The maximum atomic E-state index is 11.2. The topological polar surface area (TPSA) is 73.8 Å². The van der Waals surface area contributed by atoms with Gasteiger partial charge in [0.15, 0.2) is 5.96 Å². The number of nitrogens with zero attached hydrogens (tertiary/aromatic N) is 2.